The molecule has 0 aromatic carbocycles. The quantitative estimate of drug-likeness (QED) is 0.922. The molecule has 1 N–H and O–H groups in total. The fourth-order valence-corrected chi connectivity index (χ4v) is 2.90. The van der Waals surface area contributed by atoms with E-state index < -0.39 is 0 Å². The number of aromatic nitrogens is 2. The SMILES string of the molecule is CC(C)SCc1cc(=O)[nH]c(N2CCCCCC2)n1. The van der Waals surface area contributed by atoms with Gasteiger partial charge in [-0.2, -0.15) is 11.8 Å². The number of thioether (sulfide) groups is 1. The fourth-order valence-electron chi connectivity index (χ4n) is 2.25. The lowest BCUT2D eigenvalue weighted by Crippen LogP contribution is -2.28. The van der Waals surface area contributed by atoms with Gasteiger partial charge in [-0.25, -0.2) is 4.98 Å². The molecule has 0 unspecified atom stereocenters. The molecule has 1 aromatic rings. The van der Waals surface area contributed by atoms with Gasteiger partial charge in [-0.1, -0.05) is 26.7 Å². The summed E-state index contributed by atoms with van der Waals surface area (Å²) in [6.07, 6.45) is 4.94. The van der Waals surface area contributed by atoms with Gasteiger partial charge in [0.25, 0.3) is 5.56 Å². The van der Waals surface area contributed by atoms with Gasteiger partial charge in [0.15, 0.2) is 0 Å². The average Bonchev–Trinajstić information content (AvgIpc) is 2.64. The van der Waals surface area contributed by atoms with Crippen molar-refractivity contribution in [2.24, 2.45) is 0 Å². The Labute approximate surface area is 119 Å². The molecule has 2 heterocycles. The highest BCUT2D eigenvalue weighted by Gasteiger charge is 2.13. The summed E-state index contributed by atoms with van der Waals surface area (Å²) >= 11 is 1.82. The predicted octanol–water partition coefficient (Wildman–Crippen LogP) is 2.79. The number of nitrogens with one attached hydrogen (secondary N) is 1. The molecule has 0 aliphatic carbocycles. The highest BCUT2D eigenvalue weighted by Crippen LogP contribution is 2.18. The summed E-state index contributed by atoms with van der Waals surface area (Å²) in [6.45, 7) is 6.33. The Morgan fingerprint density at radius 3 is 2.63 bits per heavy atom. The van der Waals surface area contributed by atoms with E-state index in [0.29, 0.717) is 5.25 Å². The molecule has 1 aliphatic rings. The van der Waals surface area contributed by atoms with Crippen LogP contribution in [-0.2, 0) is 5.75 Å². The van der Waals surface area contributed by atoms with E-state index >= 15 is 0 Å². The number of H-pyrrole nitrogens is 1. The molecular weight excluding hydrogens is 258 g/mol. The van der Waals surface area contributed by atoms with Gasteiger partial charge in [0.05, 0.1) is 5.69 Å². The van der Waals surface area contributed by atoms with Crippen LogP contribution in [0.3, 0.4) is 0 Å². The first kappa shape index (κ1) is 14.4. The molecule has 1 fully saturated rings. The van der Waals surface area contributed by atoms with Crippen LogP contribution in [0.25, 0.3) is 0 Å². The first-order valence-electron chi connectivity index (χ1n) is 7.12. The Hall–Kier alpha value is -0.970. The molecule has 106 valence electrons. The lowest BCUT2D eigenvalue weighted by molar-refractivity contribution is 0.726. The molecule has 1 aliphatic heterocycles. The summed E-state index contributed by atoms with van der Waals surface area (Å²) in [7, 11) is 0. The molecule has 0 atom stereocenters. The molecule has 0 saturated carbocycles. The highest BCUT2D eigenvalue weighted by molar-refractivity contribution is 7.99. The van der Waals surface area contributed by atoms with E-state index in [1.165, 1.54) is 25.7 Å². The summed E-state index contributed by atoms with van der Waals surface area (Å²) in [5.41, 5.74) is 0.857. The van der Waals surface area contributed by atoms with Crippen molar-refractivity contribution >= 4 is 17.7 Å². The van der Waals surface area contributed by atoms with Crippen LogP contribution in [0, 0.1) is 0 Å². The van der Waals surface area contributed by atoms with Crippen molar-refractivity contribution in [3.63, 3.8) is 0 Å². The summed E-state index contributed by atoms with van der Waals surface area (Å²) in [4.78, 5) is 21.5. The lowest BCUT2D eigenvalue weighted by Gasteiger charge is -2.21. The van der Waals surface area contributed by atoms with Crippen LogP contribution in [0.5, 0.6) is 0 Å². The molecule has 19 heavy (non-hydrogen) atoms. The van der Waals surface area contributed by atoms with E-state index in [0.717, 1.165) is 30.5 Å². The van der Waals surface area contributed by atoms with Crippen LogP contribution in [0.4, 0.5) is 5.95 Å². The highest BCUT2D eigenvalue weighted by atomic mass is 32.2. The van der Waals surface area contributed by atoms with E-state index in [1.807, 2.05) is 11.8 Å². The van der Waals surface area contributed by atoms with Crippen molar-refractivity contribution < 1.29 is 0 Å². The molecule has 0 radical (unpaired) electrons. The van der Waals surface area contributed by atoms with E-state index in [9.17, 15) is 4.79 Å². The maximum absolute atomic E-state index is 11.8. The van der Waals surface area contributed by atoms with Crippen LogP contribution >= 0.6 is 11.8 Å². The maximum Gasteiger partial charge on any atom is 0.252 e. The Morgan fingerprint density at radius 2 is 2.00 bits per heavy atom. The first-order chi connectivity index (χ1) is 9.15. The Morgan fingerprint density at radius 1 is 1.32 bits per heavy atom. The van der Waals surface area contributed by atoms with Gasteiger partial charge in [-0.15, -0.1) is 0 Å². The van der Waals surface area contributed by atoms with E-state index in [4.69, 9.17) is 0 Å². The van der Waals surface area contributed by atoms with Crippen molar-refractivity contribution in [1.82, 2.24) is 9.97 Å². The van der Waals surface area contributed by atoms with Crippen LogP contribution in [-0.4, -0.2) is 28.3 Å². The summed E-state index contributed by atoms with van der Waals surface area (Å²) < 4.78 is 0. The topological polar surface area (TPSA) is 49.0 Å². The van der Waals surface area contributed by atoms with Gasteiger partial charge < -0.3 is 4.90 Å². The van der Waals surface area contributed by atoms with Crippen LogP contribution in [0.2, 0.25) is 0 Å². The molecule has 0 bridgehead atoms. The number of hydrogen-bond acceptors (Lipinski definition) is 4. The minimum Gasteiger partial charge on any atom is -0.342 e. The molecule has 0 spiro atoms. The second-order valence-electron chi connectivity index (χ2n) is 5.32. The van der Waals surface area contributed by atoms with E-state index in [1.54, 1.807) is 6.07 Å². The third-order valence-electron chi connectivity index (χ3n) is 3.25. The minimum absolute atomic E-state index is 0.0337. The van der Waals surface area contributed by atoms with Crippen molar-refractivity contribution in [1.29, 1.82) is 0 Å². The van der Waals surface area contributed by atoms with Crippen LogP contribution in [0.15, 0.2) is 10.9 Å². The predicted molar refractivity (Wildman–Crippen MR) is 82.0 cm³/mol. The van der Waals surface area contributed by atoms with Gasteiger partial charge >= 0.3 is 0 Å². The molecule has 1 saturated heterocycles. The Bertz CT molecular complexity index is 450. The zero-order valence-electron chi connectivity index (χ0n) is 11.8. The lowest BCUT2D eigenvalue weighted by atomic mass is 10.2. The zero-order chi connectivity index (χ0) is 13.7. The summed E-state index contributed by atoms with van der Waals surface area (Å²) in [5.74, 6) is 1.57. The Balaban J connectivity index is 2.13. The minimum atomic E-state index is -0.0337. The number of hydrogen-bond donors (Lipinski definition) is 1. The smallest absolute Gasteiger partial charge is 0.252 e. The second kappa shape index (κ2) is 6.98. The molecule has 1 aromatic heterocycles. The standard InChI is InChI=1S/C14H23N3OS/c1-11(2)19-10-12-9-13(18)16-14(15-12)17-7-5-3-4-6-8-17/h9,11H,3-8,10H2,1-2H3,(H,15,16,18). The number of nitrogens with zero attached hydrogens (tertiary/aromatic N) is 2. The van der Waals surface area contributed by atoms with Gasteiger partial charge in [0.1, 0.15) is 0 Å². The second-order valence-corrected chi connectivity index (χ2v) is 6.89. The van der Waals surface area contributed by atoms with Gasteiger partial charge in [0.2, 0.25) is 5.95 Å². The molecule has 4 nitrogen and oxygen atoms in total. The largest absolute Gasteiger partial charge is 0.342 e. The molecule has 2 rings (SSSR count). The molecule has 0 amide bonds. The van der Waals surface area contributed by atoms with E-state index in [-0.39, 0.29) is 5.56 Å². The average molecular weight is 281 g/mol. The van der Waals surface area contributed by atoms with Crippen molar-refractivity contribution in [3.8, 4) is 0 Å². The van der Waals surface area contributed by atoms with E-state index in [2.05, 4.69) is 28.7 Å². The number of anilines is 1. The monoisotopic (exact) mass is 281 g/mol. The van der Waals surface area contributed by atoms with Gasteiger partial charge in [-0.05, 0) is 18.1 Å². The molecular formula is C14H23N3OS. The summed E-state index contributed by atoms with van der Waals surface area (Å²) in [6, 6.07) is 1.62. The van der Waals surface area contributed by atoms with Gasteiger partial charge in [-0.3, -0.25) is 9.78 Å². The summed E-state index contributed by atoms with van der Waals surface area (Å²) in [5, 5.41) is 0.558. The maximum atomic E-state index is 11.8. The third-order valence-corrected chi connectivity index (χ3v) is 4.38. The van der Waals surface area contributed by atoms with Crippen molar-refractivity contribution in [2.75, 3.05) is 18.0 Å². The van der Waals surface area contributed by atoms with Crippen LogP contribution < -0.4 is 10.5 Å². The van der Waals surface area contributed by atoms with Crippen molar-refractivity contribution in [3.05, 3.63) is 22.1 Å². The third kappa shape index (κ3) is 4.56. The van der Waals surface area contributed by atoms with Gasteiger partial charge in [0, 0.05) is 24.9 Å². The normalized spacial score (nSPS) is 16.7. The molecule has 5 heteroatoms. The Kier molecular flexibility index (Phi) is 5.31. The van der Waals surface area contributed by atoms with Crippen molar-refractivity contribution in [2.45, 2.75) is 50.5 Å². The number of aromatic amines is 1. The zero-order valence-corrected chi connectivity index (χ0v) is 12.6. The van der Waals surface area contributed by atoms with Crippen LogP contribution in [0.1, 0.15) is 45.2 Å². The number of rotatable bonds is 4. The first-order valence-corrected chi connectivity index (χ1v) is 8.17. The fraction of sp³-hybridized carbons (Fsp3) is 0.714.